The minimum atomic E-state index is -1.18. The molecular formula is C13H18N2O5. The number of aliphatic hydroxyl groups is 2. The van der Waals surface area contributed by atoms with Crippen LogP contribution in [0, 0.1) is 0 Å². The van der Waals surface area contributed by atoms with Crippen LogP contribution in [0.15, 0.2) is 30.3 Å². The smallest absolute Gasteiger partial charge is 0.330 e. The van der Waals surface area contributed by atoms with Gasteiger partial charge in [-0.25, -0.2) is 9.59 Å². The molecule has 0 saturated heterocycles. The van der Waals surface area contributed by atoms with Gasteiger partial charge in [-0.1, -0.05) is 30.3 Å². The van der Waals surface area contributed by atoms with E-state index >= 15 is 0 Å². The van der Waals surface area contributed by atoms with Gasteiger partial charge in [0.2, 0.25) is 0 Å². The third kappa shape index (κ3) is 4.52. The maximum Gasteiger partial charge on any atom is 0.330 e. The van der Waals surface area contributed by atoms with E-state index in [1.165, 1.54) is 0 Å². The van der Waals surface area contributed by atoms with Gasteiger partial charge in [0.05, 0.1) is 13.2 Å². The Labute approximate surface area is 116 Å². The second-order valence-electron chi connectivity index (χ2n) is 4.07. The van der Waals surface area contributed by atoms with Crippen molar-refractivity contribution in [1.82, 2.24) is 10.2 Å². The molecule has 4 N–H and O–H groups in total. The Morgan fingerprint density at radius 3 is 2.10 bits per heavy atom. The van der Waals surface area contributed by atoms with Crippen LogP contribution in [-0.4, -0.2) is 58.5 Å². The first-order chi connectivity index (χ1) is 9.60. The van der Waals surface area contributed by atoms with Crippen LogP contribution >= 0.6 is 0 Å². The molecule has 0 radical (unpaired) electrons. The lowest BCUT2D eigenvalue weighted by Crippen LogP contribution is -2.46. The van der Waals surface area contributed by atoms with Crippen molar-refractivity contribution >= 4 is 12.0 Å². The van der Waals surface area contributed by atoms with Crippen LogP contribution in [0.5, 0.6) is 0 Å². The summed E-state index contributed by atoms with van der Waals surface area (Å²) in [5.74, 6) is -1.18. The summed E-state index contributed by atoms with van der Waals surface area (Å²) in [6, 6.07) is 6.47. The molecule has 1 atom stereocenters. The van der Waals surface area contributed by atoms with Crippen LogP contribution in [0.3, 0.4) is 0 Å². The fraction of sp³-hybridized carbons (Fsp3) is 0.385. The number of carboxylic acid groups (broad SMARTS) is 1. The third-order valence-corrected chi connectivity index (χ3v) is 2.67. The topological polar surface area (TPSA) is 110 Å². The normalized spacial score (nSPS) is 11.7. The van der Waals surface area contributed by atoms with E-state index in [4.69, 9.17) is 10.2 Å². The van der Waals surface area contributed by atoms with Crippen molar-refractivity contribution in [3.8, 4) is 0 Å². The SMILES string of the molecule is O=C(O)C(NC(=O)N(CCO)CCO)c1ccccc1. The summed E-state index contributed by atoms with van der Waals surface area (Å²) >= 11 is 0. The lowest BCUT2D eigenvalue weighted by atomic mass is 10.1. The summed E-state index contributed by atoms with van der Waals surface area (Å²) in [7, 11) is 0. The van der Waals surface area contributed by atoms with E-state index in [0.717, 1.165) is 4.90 Å². The lowest BCUT2D eigenvalue weighted by Gasteiger charge is -2.24. The molecule has 20 heavy (non-hydrogen) atoms. The molecule has 0 spiro atoms. The molecule has 0 aliphatic carbocycles. The van der Waals surface area contributed by atoms with Crippen molar-refractivity contribution in [3.63, 3.8) is 0 Å². The molecule has 0 heterocycles. The molecule has 2 amide bonds. The van der Waals surface area contributed by atoms with E-state index in [-0.39, 0.29) is 26.3 Å². The Morgan fingerprint density at radius 1 is 1.10 bits per heavy atom. The van der Waals surface area contributed by atoms with Crippen molar-refractivity contribution in [2.24, 2.45) is 0 Å². The van der Waals surface area contributed by atoms with Gasteiger partial charge in [-0.2, -0.15) is 0 Å². The Bertz CT molecular complexity index is 432. The molecule has 0 bridgehead atoms. The Kier molecular flexibility index (Phi) is 6.48. The highest BCUT2D eigenvalue weighted by Crippen LogP contribution is 2.13. The van der Waals surface area contributed by atoms with Crippen molar-refractivity contribution < 1.29 is 24.9 Å². The van der Waals surface area contributed by atoms with E-state index in [1.54, 1.807) is 30.3 Å². The Balaban J connectivity index is 2.80. The predicted molar refractivity (Wildman–Crippen MR) is 71.1 cm³/mol. The predicted octanol–water partition coefficient (Wildman–Crippen LogP) is -0.191. The van der Waals surface area contributed by atoms with Gasteiger partial charge in [0.25, 0.3) is 0 Å². The summed E-state index contributed by atoms with van der Waals surface area (Å²) < 4.78 is 0. The third-order valence-electron chi connectivity index (χ3n) is 2.67. The largest absolute Gasteiger partial charge is 0.479 e. The number of carbonyl (C=O) groups is 2. The van der Waals surface area contributed by atoms with E-state index in [1.807, 2.05) is 0 Å². The molecule has 7 nitrogen and oxygen atoms in total. The zero-order valence-electron chi connectivity index (χ0n) is 10.9. The minimum absolute atomic E-state index is 0.0214. The molecule has 0 fully saturated rings. The first-order valence-corrected chi connectivity index (χ1v) is 6.15. The molecule has 0 saturated carbocycles. The van der Waals surface area contributed by atoms with Crippen molar-refractivity contribution in [2.45, 2.75) is 6.04 Å². The Hall–Kier alpha value is -2.12. The van der Waals surface area contributed by atoms with Gasteiger partial charge in [-0.05, 0) is 5.56 Å². The van der Waals surface area contributed by atoms with Crippen LogP contribution in [0.25, 0.3) is 0 Å². The fourth-order valence-corrected chi connectivity index (χ4v) is 1.70. The molecule has 1 aromatic carbocycles. The maximum atomic E-state index is 11.9. The number of hydrogen-bond donors (Lipinski definition) is 4. The number of urea groups is 1. The minimum Gasteiger partial charge on any atom is -0.479 e. The van der Waals surface area contributed by atoms with E-state index < -0.39 is 18.0 Å². The van der Waals surface area contributed by atoms with Crippen LogP contribution in [0.2, 0.25) is 0 Å². The van der Waals surface area contributed by atoms with E-state index in [9.17, 15) is 14.7 Å². The summed E-state index contributed by atoms with van der Waals surface area (Å²) in [6.45, 7) is -0.492. The van der Waals surface area contributed by atoms with Gasteiger partial charge in [-0.15, -0.1) is 0 Å². The summed E-state index contributed by atoms with van der Waals surface area (Å²) in [6.07, 6.45) is 0. The number of amides is 2. The van der Waals surface area contributed by atoms with Crippen molar-refractivity contribution in [3.05, 3.63) is 35.9 Å². The highest BCUT2D eigenvalue weighted by Gasteiger charge is 2.24. The molecule has 1 rings (SSSR count). The van der Waals surface area contributed by atoms with Crippen LogP contribution < -0.4 is 5.32 Å². The second kappa shape index (κ2) is 8.13. The zero-order valence-corrected chi connectivity index (χ0v) is 10.9. The van der Waals surface area contributed by atoms with Gasteiger partial charge in [0, 0.05) is 13.1 Å². The molecule has 0 aliphatic heterocycles. The zero-order chi connectivity index (χ0) is 15.0. The van der Waals surface area contributed by atoms with Gasteiger partial charge < -0.3 is 25.5 Å². The molecule has 110 valence electrons. The maximum absolute atomic E-state index is 11.9. The molecule has 0 aromatic heterocycles. The summed E-state index contributed by atoms with van der Waals surface area (Å²) in [5.41, 5.74) is 0.446. The average Bonchev–Trinajstić information content (AvgIpc) is 2.45. The number of nitrogens with one attached hydrogen (secondary N) is 1. The number of aliphatic carboxylic acids is 1. The van der Waals surface area contributed by atoms with E-state index in [2.05, 4.69) is 5.32 Å². The first-order valence-electron chi connectivity index (χ1n) is 6.15. The number of nitrogens with zero attached hydrogens (tertiary/aromatic N) is 1. The van der Waals surface area contributed by atoms with Crippen molar-refractivity contribution in [1.29, 1.82) is 0 Å². The van der Waals surface area contributed by atoms with Gasteiger partial charge >= 0.3 is 12.0 Å². The monoisotopic (exact) mass is 282 g/mol. The number of carbonyl (C=O) groups excluding carboxylic acids is 1. The highest BCUT2D eigenvalue weighted by atomic mass is 16.4. The number of hydrogen-bond acceptors (Lipinski definition) is 4. The fourth-order valence-electron chi connectivity index (χ4n) is 1.70. The van der Waals surface area contributed by atoms with E-state index in [0.29, 0.717) is 5.56 Å². The standard InChI is InChI=1S/C13H18N2O5/c16-8-6-15(7-9-17)13(20)14-11(12(18)19)10-4-2-1-3-5-10/h1-5,11,16-17H,6-9H2,(H,14,20)(H,18,19). The summed E-state index contributed by atoms with van der Waals surface area (Å²) in [5, 5.41) is 29.3. The molecule has 0 aliphatic rings. The van der Waals surface area contributed by atoms with Crippen LogP contribution in [0.4, 0.5) is 4.79 Å². The molecule has 7 heteroatoms. The average molecular weight is 282 g/mol. The summed E-state index contributed by atoms with van der Waals surface area (Å²) in [4.78, 5) is 24.3. The number of rotatable bonds is 7. The quantitative estimate of drug-likeness (QED) is 0.554. The van der Waals surface area contributed by atoms with Gasteiger partial charge in [0.15, 0.2) is 6.04 Å². The van der Waals surface area contributed by atoms with Crippen LogP contribution in [-0.2, 0) is 4.79 Å². The first kappa shape index (κ1) is 15.9. The Morgan fingerprint density at radius 2 is 1.65 bits per heavy atom. The molecular weight excluding hydrogens is 264 g/mol. The van der Waals surface area contributed by atoms with Crippen molar-refractivity contribution in [2.75, 3.05) is 26.3 Å². The number of aliphatic hydroxyl groups excluding tert-OH is 2. The second-order valence-corrected chi connectivity index (χ2v) is 4.07. The van der Waals surface area contributed by atoms with Gasteiger partial charge in [0.1, 0.15) is 0 Å². The van der Waals surface area contributed by atoms with Crippen LogP contribution in [0.1, 0.15) is 11.6 Å². The number of carboxylic acids is 1. The van der Waals surface area contributed by atoms with Gasteiger partial charge in [-0.3, -0.25) is 0 Å². The highest BCUT2D eigenvalue weighted by molar-refractivity contribution is 5.83. The molecule has 1 aromatic rings. The lowest BCUT2D eigenvalue weighted by molar-refractivity contribution is -0.139. The number of benzene rings is 1. The molecule has 1 unspecified atom stereocenters.